The Balaban J connectivity index is 2.15. The van der Waals surface area contributed by atoms with Crippen LogP contribution in [0.2, 0.25) is 10.0 Å². The third-order valence-electron chi connectivity index (χ3n) is 2.81. The zero-order valence-corrected chi connectivity index (χ0v) is 13.6. The molecule has 21 heavy (non-hydrogen) atoms. The molecule has 1 aromatic heterocycles. The van der Waals surface area contributed by atoms with Crippen molar-refractivity contribution in [1.29, 1.82) is 0 Å². The van der Waals surface area contributed by atoms with Gasteiger partial charge in [0.05, 0.1) is 0 Å². The van der Waals surface area contributed by atoms with Crippen LogP contribution in [-0.4, -0.2) is 16.5 Å². The van der Waals surface area contributed by atoms with E-state index in [4.69, 9.17) is 23.2 Å². The molecule has 0 spiro atoms. The summed E-state index contributed by atoms with van der Waals surface area (Å²) in [5.41, 5.74) is 0.796. The van der Waals surface area contributed by atoms with Crippen LogP contribution in [-0.2, 0) is 0 Å². The van der Waals surface area contributed by atoms with Crippen LogP contribution >= 0.6 is 23.2 Å². The van der Waals surface area contributed by atoms with Crippen LogP contribution in [0.25, 0.3) is 0 Å². The normalized spacial score (nSPS) is 10.5. The number of anilines is 3. The average molecular weight is 325 g/mol. The van der Waals surface area contributed by atoms with Crippen LogP contribution < -0.4 is 10.6 Å². The summed E-state index contributed by atoms with van der Waals surface area (Å²) >= 11 is 12.0. The summed E-state index contributed by atoms with van der Waals surface area (Å²) in [5, 5.41) is 7.65. The molecule has 0 radical (unpaired) electrons. The predicted octanol–water partition coefficient (Wildman–Crippen LogP) is 5.05. The van der Waals surface area contributed by atoms with E-state index in [9.17, 15) is 0 Å². The molecule has 0 atom stereocenters. The quantitative estimate of drug-likeness (QED) is 0.730. The van der Waals surface area contributed by atoms with Gasteiger partial charge in [-0.3, -0.25) is 0 Å². The van der Waals surface area contributed by atoms with Gasteiger partial charge in [-0.1, -0.05) is 36.5 Å². The lowest BCUT2D eigenvalue weighted by Gasteiger charge is -2.10. The number of aryl methyl sites for hydroxylation is 1. The van der Waals surface area contributed by atoms with Crippen molar-refractivity contribution in [3.05, 3.63) is 40.1 Å². The largest absolute Gasteiger partial charge is 0.370 e. The van der Waals surface area contributed by atoms with Crippen LogP contribution in [0.15, 0.2) is 24.3 Å². The highest BCUT2D eigenvalue weighted by molar-refractivity contribution is 6.35. The minimum Gasteiger partial charge on any atom is -0.370 e. The van der Waals surface area contributed by atoms with E-state index in [1.165, 1.54) is 0 Å². The number of hydrogen-bond acceptors (Lipinski definition) is 4. The summed E-state index contributed by atoms with van der Waals surface area (Å²) in [6.45, 7) is 4.92. The molecule has 0 amide bonds. The molecule has 0 aliphatic rings. The smallest absolute Gasteiger partial charge is 0.136 e. The number of nitrogens with one attached hydrogen (secondary N) is 2. The fraction of sp³-hybridized carbons (Fsp3) is 0.333. The Kier molecular flexibility index (Phi) is 5.65. The number of hydrogen-bond donors (Lipinski definition) is 2. The third kappa shape index (κ3) is 5.06. The maximum Gasteiger partial charge on any atom is 0.136 e. The fourth-order valence-electron chi connectivity index (χ4n) is 1.89. The summed E-state index contributed by atoms with van der Waals surface area (Å²) in [6, 6.07) is 7.17. The molecule has 4 nitrogen and oxygen atoms in total. The minimum atomic E-state index is 0.581. The molecule has 0 saturated heterocycles. The SMILES string of the molecule is CCCCNc1cc(Nc2cc(Cl)cc(Cl)c2)nc(C)n1. The van der Waals surface area contributed by atoms with Gasteiger partial charge < -0.3 is 10.6 Å². The summed E-state index contributed by atoms with van der Waals surface area (Å²) < 4.78 is 0. The molecule has 6 heteroatoms. The first kappa shape index (κ1) is 15.9. The van der Waals surface area contributed by atoms with Crippen molar-refractivity contribution in [2.75, 3.05) is 17.2 Å². The highest BCUT2D eigenvalue weighted by atomic mass is 35.5. The van der Waals surface area contributed by atoms with Gasteiger partial charge in [-0.2, -0.15) is 0 Å². The third-order valence-corrected chi connectivity index (χ3v) is 3.25. The van der Waals surface area contributed by atoms with Crippen molar-refractivity contribution < 1.29 is 0 Å². The number of halogens is 2. The molecular weight excluding hydrogens is 307 g/mol. The Hall–Kier alpha value is -1.52. The molecule has 0 bridgehead atoms. The maximum atomic E-state index is 5.99. The second-order valence-electron chi connectivity index (χ2n) is 4.75. The molecule has 1 aromatic carbocycles. The lowest BCUT2D eigenvalue weighted by Crippen LogP contribution is -2.06. The molecule has 112 valence electrons. The van der Waals surface area contributed by atoms with Gasteiger partial charge in [0.2, 0.25) is 0 Å². The van der Waals surface area contributed by atoms with Gasteiger partial charge in [0.1, 0.15) is 17.5 Å². The van der Waals surface area contributed by atoms with Crippen LogP contribution in [0.1, 0.15) is 25.6 Å². The molecular formula is C15H18Cl2N4. The summed E-state index contributed by atoms with van der Waals surface area (Å²) in [6.07, 6.45) is 2.25. The first-order valence-corrected chi connectivity index (χ1v) is 7.65. The van der Waals surface area contributed by atoms with Crippen LogP contribution in [0, 0.1) is 6.92 Å². The standard InChI is InChI=1S/C15H18Cl2N4/c1-3-4-5-18-14-9-15(20-10(2)19-14)21-13-7-11(16)6-12(17)8-13/h6-9H,3-5H2,1-2H3,(H2,18,19,20,21). The molecule has 0 saturated carbocycles. The van der Waals surface area contributed by atoms with Crippen molar-refractivity contribution >= 4 is 40.5 Å². The lowest BCUT2D eigenvalue weighted by molar-refractivity contribution is 0.829. The van der Waals surface area contributed by atoms with Gasteiger partial charge in [0, 0.05) is 28.3 Å². The van der Waals surface area contributed by atoms with Crippen molar-refractivity contribution in [3.63, 3.8) is 0 Å². The highest BCUT2D eigenvalue weighted by Crippen LogP contribution is 2.25. The van der Waals surface area contributed by atoms with Crippen molar-refractivity contribution in [3.8, 4) is 0 Å². The van der Waals surface area contributed by atoms with E-state index in [-0.39, 0.29) is 0 Å². The van der Waals surface area contributed by atoms with Gasteiger partial charge in [-0.25, -0.2) is 9.97 Å². The zero-order chi connectivity index (χ0) is 15.2. The topological polar surface area (TPSA) is 49.8 Å². The van der Waals surface area contributed by atoms with E-state index in [1.807, 2.05) is 13.0 Å². The van der Waals surface area contributed by atoms with E-state index in [1.54, 1.807) is 18.2 Å². The highest BCUT2D eigenvalue weighted by Gasteiger charge is 2.04. The molecule has 2 N–H and O–H groups in total. The van der Waals surface area contributed by atoms with Crippen LogP contribution in [0.5, 0.6) is 0 Å². The Labute approximate surface area is 134 Å². The molecule has 2 aromatic rings. The van der Waals surface area contributed by atoms with E-state index in [0.29, 0.717) is 21.7 Å². The second kappa shape index (κ2) is 7.48. The molecule has 0 fully saturated rings. The number of nitrogens with zero attached hydrogens (tertiary/aromatic N) is 2. The van der Waals surface area contributed by atoms with E-state index in [2.05, 4.69) is 27.5 Å². The number of aromatic nitrogens is 2. The van der Waals surface area contributed by atoms with Gasteiger partial charge >= 0.3 is 0 Å². The van der Waals surface area contributed by atoms with Gasteiger partial charge in [-0.05, 0) is 31.5 Å². The fourth-order valence-corrected chi connectivity index (χ4v) is 2.42. The first-order chi connectivity index (χ1) is 10.1. The number of unbranched alkanes of at least 4 members (excludes halogenated alkanes) is 1. The predicted molar refractivity (Wildman–Crippen MR) is 89.9 cm³/mol. The summed E-state index contributed by atoms with van der Waals surface area (Å²) in [4.78, 5) is 8.74. The van der Waals surface area contributed by atoms with Gasteiger partial charge in [0.15, 0.2) is 0 Å². The molecule has 0 unspecified atom stereocenters. The van der Waals surface area contributed by atoms with E-state index < -0.39 is 0 Å². The Bertz CT molecular complexity index is 596. The van der Waals surface area contributed by atoms with Crippen molar-refractivity contribution in [2.24, 2.45) is 0 Å². The van der Waals surface area contributed by atoms with Crippen LogP contribution in [0.3, 0.4) is 0 Å². The van der Waals surface area contributed by atoms with Gasteiger partial charge in [-0.15, -0.1) is 0 Å². The maximum absolute atomic E-state index is 5.99. The molecule has 2 rings (SSSR count). The lowest BCUT2D eigenvalue weighted by atomic mass is 10.3. The summed E-state index contributed by atoms with van der Waals surface area (Å²) in [5.74, 6) is 2.22. The van der Waals surface area contributed by atoms with Gasteiger partial charge in [0.25, 0.3) is 0 Å². The summed E-state index contributed by atoms with van der Waals surface area (Å²) in [7, 11) is 0. The van der Waals surface area contributed by atoms with Crippen molar-refractivity contribution in [1.82, 2.24) is 9.97 Å². The minimum absolute atomic E-state index is 0.581. The molecule has 1 heterocycles. The van der Waals surface area contributed by atoms with E-state index >= 15 is 0 Å². The number of benzene rings is 1. The van der Waals surface area contributed by atoms with Crippen molar-refractivity contribution in [2.45, 2.75) is 26.7 Å². The molecule has 0 aliphatic carbocycles. The Morgan fingerprint density at radius 2 is 1.67 bits per heavy atom. The monoisotopic (exact) mass is 324 g/mol. The Morgan fingerprint density at radius 3 is 2.33 bits per heavy atom. The Morgan fingerprint density at radius 1 is 1.00 bits per heavy atom. The molecule has 0 aliphatic heterocycles. The van der Waals surface area contributed by atoms with Crippen LogP contribution in [0.4, 0.5) is 17.3 Å². The second-order valence-corrected chi connectivity index (χ2v) is 5.62. The number of rotatable bonds is 6. The first-order valence-electron chi connectivity index (χ1n) is 6.89. The average Bonchev–Trinajstić information content (AvgIpc) is 2.37. The zero-order valence-electron chi connectivity index (χ0n) is 12.1. The van der Waals surface area contributed by atoms with E-state index in [0.717, 1.165) is 30.9 Å².